The smallest absolute Gasteiger partial charge is 0.225 e. The maximum Gasteiger partial charge on any atom is 0.225 e. The van der Waals surface area contributed by atoms with E-state index < -0.39 is 0 Å². The van der Waals surface area contributed by atoms with E-state index in [1.807, 2.05) is 91.9 Å². The summed E-state index contributed by atoms with van der Waals surface area (Å²) >= 11 is 0. The molecule has 0 amide bonds. The van der Waals surface area contributed by atoms with Gasteiger partial charge in [0.1, 0.15) is 19.0 Å². The lowest BCUT2D eigenvalue weighted by Crippen LogP contribution is -2.03. The molecular formula is C28H25NO4. The second kappa shape index (κ2) is 11.0. The first-order valence-corrected chi connectivity index (χ1v) is 10.8. The van der Waals surface area contributed by atoms with E-state index in [-0.39, 0.29) is 0 Å². The summed E-state index contributed by atoms with van der Waals surface area (Å²) in [6, 6.07) is 29.0. The Labute approximate surface area is 193 Å². The Hall–Kier alpha value is -4.12. The van der Waals surface area contributed by atoms with E-state index in [0.717, 1.165) is 28.5 Å². The van der Waals surface area contributed by atoms with E-state index >= 15 is 0 Å². The topological polar surface area (TPSA) is 57.6 Å². The van der Waals surface area contributed by atoms with E-state index in [9.17, 15) is 4.79 Å². The van der Waals surface area contributed by atoms with Gasteiger partial charge in [-0.25, -0.2) is 0 Å². The quantitative estimate of drug-likeness (QED) is 0.279. The molecule has 33 heavy (non-hydrogen) atoms. The predicted molar refractivity (Wildman–Crippen MR) is 128 cm³/mol. The fourth-order valence-corrected chi connectivity index (χ4v) is 3.37. The predicted octanol–water partition coefficient (Wildman–Crippen LogP) is 6.12. The Morgan fingerprint density at radius 2 is 1.42 bits per heavy atom. The van der Waals surface area contributed by atoms with Crippen molar-refractivity contribution in [2.24, 2.45) is 0 Å². The van der Waals surface area contributed by atoms with Crippen molar-refractivity contribution in [1.82, 2.24) is 4.98 Å². The normalized spacial score (nSPS) is 10.5. The molecule has 0 radical (unpaired) electrons. The number of hydrogen-bond acceptors (Lipinski definition) is 5. The van der Waals surface area contributed by atoms with Gasteiger partial charge in [0.2, 0.25) is 11.8 Å². The van der Waals surface area contributed by atoms with Crippen LogP contribution in [0.5, 0.6) is 17.5 Å². The van der Waals surface area contributed by atoms with Gasteiger partial charge in [0.05, 0.1) is 12.2 Å². The average molecular weight is 440 g/mol. The molecular weight excluding hydrogens is 414 g/mol. The van der Waals surface area contributed by atoms with Gasteiger partial charge in [0.15, 0.2) is 6.29 Å². The molecule has 5 nitrogen and oxygen atoms in total. The van der Waals surface area contributed by atoms with E-state index in [2.05, 4.69) is 4.98 Å². The molecule has 0 N–H and O–H groups in total. The lowest BCUT2D eigenvalue weighted by Gasteiger charge is -2.14. The van der Waals surface area contributed by atoms with Gasteiger partial charge in [0, 0.05) is 11.6 Å². The number of carbonyl (C=O) groups is 1. The summed E-state index contributed by atoms with van der Waals surface area (Å²) in [5.41, 5.74) is 4.22. The first-order valence-electron chi connectivity index (χ1n) is 10.8. The minimum absolute atomic E-state index is 0.369. The van der Waals surface area contributed by atoms with Crippen LogP contribution in [0.2, 0.25) is 0 Å². The Balaban J connectivity index is 1.64. The van der Waals surface area contributed by atoms with Gasteiger partial charge in [-0.1, -0.05) is 66.7 Å². The average Bonchev–Trinajstić information content (AvgIpc) is 2.88. The molecule has 4 rings (SSSR count). The Morgan fingerprint density at radius 3 is 2.06 bits per heavy atom. The molecule has 0 fully saturated rings. The third-order valence-corrected chi connectivity index (χ3v) is 5.03. The van der Waals surface area contributed by atoms with Crippen molar-refractivity contribution < 1.29 is 19.0 Å². The van der Waals surface area contributed by atoms with E-state index in [4.69, 9.17) is 14.2 Å². The molecule has 5 heteroatoms. The Morgan fingerprint density at radius 1 is 0.758 bits per heavy atom. The number of rotatable bonds is 10. The van der Waals surface area contributed by atoms with E-state index in [1.54, 1.807) is 6.07 Å². The van der Waals surface area contributed by atoms with Gasteiger partial charge in [0.25, 0.3) is 0 Å². The zero-order chi connectivity index (χ0) is 22.9. The van der Waals surface area contributed by atoms with Crippen LogP contribution in [0, 0.1) is 0 Å². The van der Waals surface area contributed by atoms with Crippen LogP contribution in [0.3, 0.4) is 0 Å². The summed E-state index contributed by atoms with van der Waals surface area (Å²) in [7, 11) is 0. The molecule has 0 aliphatic rings. The van der Waals surface area contributed by atoms with Crippen molar-refractivity contribution >= 4 is 6.29 Å². The minimum Gasteiger partial charge on any atom is -0.493 e. The first kappa shape index (κ1) is 22.1. The van der Waals surface area contributed by atoms with Crippen molar-refractivity contribution in [3.8, 4) is 28.6 Å². The van der Waals surface area contributed by atoms with E-state index in [0.29, 0.717) is 42.9 Å². The van der Waals surface area contributed by atoms with Gasteiger partial charge in [-0.2, -0.15) is 4.98 Å². The van der Waals surface area contributed by atoms with Gasteiger partial charge < -0.3 is 14.2 Å². The standard InChI is InChI=1S/C28H25NO4/c1-2-31-26-17-23(13-14-24(26)18-30)25-15-16-27(32-19-21-9-5-3-6-10-21)29-28(25)33-20-22-11-7-4-8-12-22/h3-18H,2,19-20H2,1H3. The van der Waals surface area contributed by atoms with Crippen LogP contribution in [0.15, 0.2) is 91.0 Å². The summed E-state index contributed by atoms with van der Waals surface area (Å²) in [6.07, 6.45) is 0.792. The molecule has 0 aliphatic carbocycles. The third-order valence-electron chi connectivity index (χ3n) is 5.03. The summed E-state index contributed by atoms with van der Waals surface area (Å²) < 4.78 is 17.7. The maximum atomic E-state index is 11.4. The fraction of sp³-hybridized carbons (Fsp3) is 0.143. The Kier molecular flexibility index (Phi) is 7.33. The molecule has 166 valence electrons. The molecule has 0 unspecified atom stereocenters. The highest BCUT2D eigenvalue weighted by Gasteiger charge is 2.14. The molecule has 0 bridgehead atoms. The number of carbonyl (C=O) groups excluding carboxylic acids is 1. The first-order chi connectivity index (χ1) is 16.3. The molecule has 1 aromatic heterocycles. The highest BCUT2D eigenvalue weighted by atomic mass is 16.5. The number of ether oxygens (including phenoxy) is 3. The van der Waals surface area contributed by atoms with Gasteiger partial charge in [-0.15, -0.1) is 0 Å². The van der Waals surface area contributed by atoms with Crippen LogP contribution in [0.1, 0.15) is 28.4 Å². The second-order valence-corrected chi connectivity index (χ2v) is 7.35. The summed E-state index contributed by atoms with van der Waals surface area (Å²) in [4.78, 5) is 16.0. The number of pyridine rings is 1. The number of aldehydes is 1. The zero-order valence-electron chi connectivity index (χ0n) is 18.4. The molecule has 4 aromatic rings. The monoisotopic (exact) mass is 439 g/mol. The van der Waals surface area contributed by atoms with Crippen molar-refractivity contribution in [2.45, 2.75) is 20.1 Å². The van der Waals surface area contributed by atoms with Gasteiger partial charge >= 0.3 is 0 Å². The minimum atomic E-state index is 0.369. The highest BCUT2D eigenvalue weighted by Crippen LogP contribution is 2.34. The second-order valence-electron chi connectivity index (χ2n) is 7.35. The molecule has 0 aliphatic heterocycles. The molecule has 0 saturated heterocycles. The van der Waals surface area contributed by atoms with E-state index in [1.165, 1.54) is 0 Å². The van der Waals surface area contributed by atoms with Crippen LogP contribution < -0.4 is 14.2 Å². The SMILES string of the molecule is CCOc1cc(-c2ccc(OCc3ccccc3)nc2OCc2ccccc2)ccc1C=O. The molecule has 0 atom stereocenters. The van der Waals surface area contributed by atoms with Crippen molar-refractivity contribution in [3.63, 3.8) is 0 Å². The molecule has 1 heterocycles. The number of aromatic nitrogens is 1. The van der Waals surface area contributed by atoms with Gasteiger partial charge in [-0.05, 0) is 41.8 Å². The lowest BCUT2D eigenvalue weighted by molar-refractivity contribution is 0.112. The van der Waals surface area contributed by atoms with Crippen molar-refractivity contribution in [2.75, 3.05) is 6.61 Å². The number of hydrogen-bond donors (Lipinski definition) is 0. The maximum absolute atomic E-state index is 11.4. The lowest BCUT2D eigenvalue weighted by atomic mass is 10.0. The van der Waals surface area contributed by atoms with Crippen LogP contribution in [0.4, 0.5) is 0 Å². The number of benzene rings is 3. The summed E-state index contributed by atoms with van der Waals surface area (Å²) in [6.45, 7) is 3.13. The largest absolute Gasteiger partial charge is 0.493 e. The highest BCUT2D eigenvalue weighted by molar-refractivity contribution is 5.82. The van der Waals surface area contributed by atoms with Crippen LogP contribution in [-0.2, 0) is 13.2 Å². The summed E-state index contributed by atoms with van der Waals surface area (Å²) in [5.74, 6) is 1.45. The zero-order valence-corrected chi connectivity index (χ0v) is 18.4. The Bertz CT molecular complexity index is 1190. The molecule has 3 aromatic carbocycles. The summed E-state index contributed by atoms with van der Waals surface area (Å²) in [5, 5.41) is 0. The fourth-order valence-electron chi connectivity index (χ4n) is 3.37. The van der Waals surface area contributed by atoms with Crippen LogP contribution in [0.25, 0.3) is 11.1 Å². The molecule has 0 saturated carbocycles. The third kappa shape index (κ3) is 5.77. The van der Waals surface area contributed by atoms with Crippen molar-refractivity contribution in [1.29, 1.82) is 0 Å². The van der Waals surface area contributed by atoms with Crippen LogP contribution >= 0.6 is 0 Å². The van der Waals surface area contributed by atoms with Crippen molar-refractivity contribution in [3.05, 3.63) is 108 Å². The molecule has 0 spiro atoms. The van der Waals surface area contributed by atoms with Crippen LogP contribution in [-0.4, -0.2) is 17.9 Å². The number of nitrogens with zero attached hydrogens (tertiary/aromatic N) is 1. The van der Waals surface area contributed by atoms with Gasteiger partial charge in [-0.3, -0.25) is 4.79 Å².